The first kappa shape index (κ1) is 13.3. The van der Waals surface area contributed by atoms with E-state index < -0.39 is 0 Å². The van der Waals surface area contributed by atoms with Gasteiger partial charge in [-0.2, -0.15) is 0 Å². The molecular formula is C16H20O. The van der Waals surface area contributed by atoms with Crippen molar-refractivity contribution in [2.75, 3.05) is 0 Å². The number of hydrogen-bond donors (Lipinski definition) is 0. The first-order chi connectivity index (χ1) is 8.04. The van der Waals surface area contributed by atoms with E-state index in [1.165, 1.54) is 11.1 Å². The summed E-state index contributed by atoms with van der Waals surface area (Å²) in [7, 11) is 0. The Morgan fingerprint density at radius 2 is 1.82 bits per heavy atom. The highest BCUT2D eigenvalue weighted by Crippen LogP contribution is 2.17. The smallest absolute Gasteiger partial charge is 0.126 e. The van der Waals surface area contributed by atoms with E-state index in [1.54, 1.807) is 6.26 Å². The van der Waals surface area contributed by atoms with Gasteiger partial charge in [-0.3, -0.25) is 0 Å². The second kappa shape index (κ2) is 6.09. The fraction of sp³-hybridized carbons (Fsp3) is 0.250. The summed E-state index contributed by atoms with van der Waals surface area (Å²) in [5.41, 5.74) is 4.83. The lowest BCUT2D eigenvalue weighted by Crippen LogP contribution is -1.86. The molecule has 0 bridgehead atoms. The van der Waals surface area contributed by atoms with Gasteiger partial charge in [-0.25, -0.2) is 0 Å². The molecular weight excluding hydrogens is 208 g/mol. The number of ether oxygens (including phenoxy) is 1. The van der Waals surface area contributed by atoms with Crippen LogP contribution < -0.4 is 4.74 Å². The average Bonchev–Trinajstić information content (AvgIpc) is 2.32. The molecule has 0 saturated heterocycles. The van der Waals surface area contributed by atoms with Gasteiger partial charge in [-0.05, 0) is 68.2 Å². The van der Waals surface area contributed by atoms with Crippen LogP contribution in [0.3, 0.4) is 0 Å². The molecule has 1 aromatic carbocycles. The molecule has 0 saturated carbocycles. The van der Waals surface area contributed by atoms with E-state index in [4.69, 9.17) is 4.74 Å². The van der Waals surface area contributed by atoms with Gasteiger partial charge in [0.1, 0.15) is 5.75 Å². The van der Waals surface area contributed by atoms with Crippen molar-refractivity contribution in [3.8, 4) is 5.75 Å². The monoisotopic (exact) mass is 228 g/mol. The number of benzene rings is 1. The number of aryl methyl sites for hydroxylation is 2. The standard InChI is InChI=1S/C16H20O/c1-6-12(2)14(4)9-10-17-16-8-7-13(3)15(5)11-16/h6-11H,1H2,2-5H3/b10-9+,14-12-. The number of allylic oxidation sites excluding steroid dienone is 4. The Hall–Kier alpha value is -1.76. The van der Waals surface area contributed by atoms with Crippen molar-refractivity contribution in [3.63, 3.8) is 0 Å². The van der Waals surface area contributed by atoms with Gasteiger partial charge in [-0.1, -0.05) is 18.7 Å². The molecule has 0 radical (unpaired) electrons. The van der Waals surface area contributed by atoms with Crippen LogP contribution in [0.25, 0.3) is 0 Å². The molecule has 0 atom stereocenters. The van der Waals surface area contributed by atoms with Gasteiger partial charge in [-0.15, -0.1) is 0 Å². The quantitative estimate of drug-likeness (QED) is 0.535. The highest BCUT2D eigenvalue weighted by molar-refractivity contribution is 5.35. The molecule has 17 heavy (non-hydrogen) atoms. The molecule has 90 valence electrons. The van der Waals surface area contributed by atoms with Crippen molar-refractivity contribution >= 4 is 0 Å². The first-order valence-corrected chi connectivity index (χ1v) is 5.75. The SMILES string of the molecule is C=C/C(C)=C(C)\C=C\Oc1ccc(C)c(C)c1. The Labute approximate surface area is 104 Å². The second-order valence-electron chi connectivity index (χ2n) is 4.24. The zero-order valence-corrected chi connectivity index (χ0v) is 11.1. The molecule has 0 amide bonds. The van der Waals surface area contributed by atoms with Crippen LogP contribution >= 0.6 is 0 Å². The first-order valence-electron chi connectivity index (χ1n) is 5.75. The van der Waals surface area contributed by atoms with Gasteiger partial charge in [0.25, 0.3) is 0 Å². The fourth-order valence-electron chi connectivity index (χ4n) is 1.29. The maximum absolute atomic E-state index is 5.56. The van der Waals surface area contributed by atoms with Crippen molar-refractivity contribution < 1.29 is 4.74 Å². The molecule has 0 spiro atoms. The summed E-state index contributed by atoms with van der Waals surface area (Å²) < 4.78 is 5.56. The highest BCUT2D eigenvalue weighted by Gasteiger charge is 1.95. The summed E-state index contributed by atoms with van der Waals surface area (Å²) in [5, 5.41) is 0. The average molecular weight is 228 g/mol. The molecule has 0 aliphatic carbocycles. The van der Waals surface area contributed by atoms with Gasteiger partial charge in [0.2, 0.25) is 0 Å². The van der Waals surface area contributed by atoms with Crippen molar-refractivity contribution in [1.82, 2.24) is 0 Å². The zero-order chi connectivity index (χ0) is 12.8. The number of hydrogen-bond acceptors (Lipinski definition) is 1. The summed E-state index contributed by atoms with van der Waals surface area (Å²) in [6.45, 7) is 12.0. The van der Waals surface area contributed by atoms with Crippen LogP contribution in [-0.2, 0) is 0 Å². The molecule has 0 aromatic heterocycles. The van der Waals surface area contributed by atoms with E-state index in [1.807, 2.05) is 38.1 Å². The van der Waals surface area contributed by atoms with Crippen LogP contribution in [0.15, 0.2) is 54.3 Å². The Kier molecular flexibility index (Phi) is 4.77. The number of rotatable bonds is 4. The molecule has 1 nitrogen and oxygen atoms in total. The third kappa shape index (κ3) is 3.95. The molecule has 1 aromatic rings. The zero-order valence-electron chi connectivity index (χ0n) is 11.1. The van der Waals surface area contributed by atoms with Gasteiger partial charge in [0.15, 0.2) is 0 Å². The summed E-state index contributed by atoms with van der Waals surface area (Å²) in [6, 6.07) is 6.08. The van der Waals surface area contributed by atoms with Crippen molar-refractivity contribution in [2.45, 2.75) is 27.7 Å². The predicted molar refractivity (Wildman–Crippen MR) is 74.3 cm³/mol. The minimum atomic E-state index is 0.869. The van der Waals surface area contributed by atoms with E-state index >= 15 is 0 Å². The largest absolute Gasteiger partial charge is 0.465 e. The third-order valence-corrected chi connectivity index (χ3v) is 2.93. The topological polar surface area (TPSA) is 9.23 Å². The maximum Gasteiger partial charge on any atom is 0.126 e. The summed E-state index contributed by atoms with van der Waals surface area (Å²) in [5.74, 6) is 0.869. The van der Waals surface area contributed by atoms with Gasteiger partial charge >= 0.3 is 0 Å². The Morgan fingerprint density at radius 3 is 2.41 bits per heavy atom. The maximum atomic E-state index is 5.56. The van der Waals surface area contributed by atoms with Crippen molar-refractivity contribution in [2.24, 2.45) is 0 Å². The Balaban J connectivity index is 2.71. The summed E-state index contributed by atoms with van der Waals surface area (Å²) in [6.07, 6.45) is 5.51. The molecule has 0 fully saturated rings. The van der Waals surface area contributed by atoms with E-state index in [9.17, 15) is 0 Å². The van der Waals surface area contributed by atoms with E-state index in [2.05, 4.69) is 26.5 Å². The molecule has 0 unspecified atom stereocenters. The third-order valence-electron chi connectivity index (χ3n) is 2.93. The lowest BCUT2D eigenvalue weighted by atomic mass is 10.1. The van der Waals surface area contributed by atoms with E-state index in [0.717, 1.165) is 16.9 Å². The summed E-state index contributed by atoms with van der Waals surface area (Å²) >= 11 is 0. The molecule has 1 rings (SSSR count). The second-order valence-corrected chi connectivity index (χ2v) is 4.24. The normalized spacial score (nSPS) is 12.5. The lowest BCUT2D eigenvalue weighted by molar-refractivity contribution is 0.480. The Bertz CT molecular complexity index is 464. The van der Waals surface area contributed by atoms with Crippen LogP contribution in [0.1, 0.15) is 25.0 Å². The van der Waals surface area contributed by atoms with Gasteiger partial charge < -0.3 is 4.74 Å². The lowest BCUT2D eigenvalue weighted by Gasteiger charge is -2.04. The molecule has 0 N–H and O–H groups in total. The van der Waals surface area contributed by atoms with Gasteiger partial charge in [0.05, 0.1) is 6.26 Å². The fourth-order valence-corrected chi connectivity index (χ4v) is 1.29. The minimum absolute atomic E-state index is 0.869. The van der Waals surface area contributed by atoms with Crippen LogP contribution in [-0.4, -0.2) is 0 Å². The molecule has 0 aliphatic heterocycles. The van der Waals surface area contributed by atoms with E-state index in [0.29, 0.717) is 0 Å². The Morgan fingerprint density at radius 1 is 1.12 bits per heavy atom. The van der Waals surface area contributed by atoms with Gasteiger partial charge in [0, 0.05) is 0 Å². The molecule has 1 heteroatoms. The summed E-state index contributed by atoms with van der Waals surface area (Å²) in [4.78, 5) is 0. The molecule has 0 aliphatic rings. The minimum Gasteiger partial charge on any atom is -0.465 e. The van der Waals surface area contributed by atoms with E-state index in [-0.39, 0.29) is 0 Å². The predicted octanol–water partition coefficient (Wildman–Crippen LogP) is 4.72. The highest BCUT2D eigenvalue weighted by atomic mass is 16.5. The van der Waals surface area contributed by atoms with Crippen LogP contribution in [0.4, 0.5) is 0 Å². The van der Waals surface area contributed by atoms with Crippen molar-refractivity contribution in [3.05, 3.63) is 65.5 Å². The molecule has 0 heterocycles. The van der Waals surface area contributed by atoms with Crippen LogP contribution in [0.2, 0.25) is 0 Å². The van der Waals surface area contributed by atoms with Crippen LogP contribution in [0, 0.1) is 13.8 Å². The van der Waals surface area contributed by atoms with Crippen LogP contribution in [0.5, 0.6) is 5.75 Å². The van der Waals surface area contributed by atoms with Crippen molar-refractivity contribution in [1.29, 1.82) is 0 Å².